The maximum Gasteiger partial charge on any atom is 0.246 e. The topological polar surface area (TPSA) is 51.0 Å². The molecule has 1 saturated heterocycles. The van der Waals surface area contributed by atoms with Crippen molar-refractivity contribution in [2.24, 2.45) is 0 Å². The summed E-state index contributed by atoms with van der Waals surface area (Å²) in [6.45, 7) is 2.66. The minimum absolute atomic E-state index is 0.0329. The SMILES string of the molecule is C[C@H]1C(=O)N2CCC[C@H]2c2nnc(Cc3ccccc3F)n21. The number of rotatable bonds is 2. The average molecular weight is 300 g/mol. The van der Waals surface area contributed by atoms with Gasteiger partial charge in [-0.15, -0.1) is 10.2 Å². The molecule has 2 aromatic rings. The van der Waals surface area contributed by atoms with Crippen molar-refractivity contribution in [2.45, 2.75) is 38.3 Å². The van der Waals surface area contributed by atoms with Crippen molar-refractivity contribution in [2.75, 3.05) is 6.54 Å². The van der Waals surface area contributed by atoms with Crippen LogP contribution in [0.3, 0.4) is 0 Å². The van der Waals surface area contributed by atoms with Gasteiger partial charge in [0.25, 0.3) is 0 Å². The van der Waals surface area contributed by atoms with Gasteiger partial charge in [0.1, 0.15) is 17.7 Å². The van der Waals surface area contributed by atoms with E-state index in [-0.39, 0.29) is 23.8 Å². The average Bonchev–Trinajstić information content (AvgIpc) is 3.14. The molecule has 0 N–H and O–H groups in total. The zero-order valence-corrected chi connectivity index (χ0v) is 12.4. The molecule has 1 fully saturated rings. The van der Waals surface area contributed by atoms with E-state index >= 15 is 0 Å². The third kappa shape index (κ3) is 1.86. The van der Waals surface area contributed by atoms with Crippen molar-refractivity contribution < 1.29 is 9.18 Å². The Bertz CT molecular complexity index is 741. The number of hydrogen-bond acceptors (Lipinski definition) is 3. The van der Waals surface area contributed by atoms with Crippen molar-refractivity contribution >= 4 is 5.91 Å². The van der Waals surface area contributed by atoms with Gasteiger partial charge in [0.15, 0.2) is 5.82 Å². The summed E-state index contributed by atoms with van der Waals surface area (Å²) in [4.78, 5) is 14.4. The molecule has 1 aromatic heterocycles. The minimum Gasteiger partial charge on any atom is -0.331 e. The van der Waals surface area contributed by atoms with Crippen LogP contribution in [-0.4, -0.2) is 32.1 Å². The highest BCUT2D eigenvalue weighted by Gasteiger charge is 2.42. The fourth-order valence-corrected chi connectivity index (χ4v) is 3.57. The molecule has 6 heteroatoms. The molecule has 114 valence electrons. The molecule has 2 aliphatic heterocycles. The first-order valence-electron chi connectivity index (χ1n) is 7.64. The van der Waals surface area contributed by atoms with Gasteiger partial charge in [-0.1, -0.05) is 18.2 Å². The standard InChI is InChI=1S/C16H17FN4O/c1-10-16(22)20-8-4-7-13(20)15-19-18-14(21(10)15)9-11-5-2-3-6-12(11)17/h2-3,5-6,10,13H,4,7-9H2,1H3/t10-,13-/m0/s1. The van der Waals surface area contributed by atoms with E-state index in [0.29, 0.717) is 17.8 Å². The zero-order valence-electron chi connectivity index (χ0n) is 12.4. The normalized spacial score (nSPS) is 23.5. The molecule has 2 atom stereocenters. The van der Waals surface area contributed by atoms with Crippen molar-refractivity contribution in [3.63, 3.8) is 0 Å². The molecule has 5 nitrogen and oxygen atoms in total. The van der Waals surface area contributed by atoms with Gasteiger partial charge in [0.2, 0.25) is 5.91 Å². The maximum atomic E-state index is 13.9. The summed E-state index contributed by atoms with van der Waals surface area (Å²) in [6.07, 6.45) is 2.28. The van der Waals surface area contributed by atoms with Crippen LogP contribution in [0.1, 0.15) is 49.1 Å². The quantitative estimate of drug-likeness (QED) is 0.854. The number of halogens is 1. The number of carbonyl (C=O) groups is 1. The van der Waals surface area contributed by atoms with Crippen LogP contribution >= 0.6 is 0 Å². The summed E-state index contributed by atoms with van der Waals surface area (Å²) in [5, 5.41) is 8.55. The monoisotopic (exact) mass is 300 g/mol. The third-order valence-corrected chi connectivity index (χ3v) is 4.68. The van der Waals surface area contributed by atoms with E-state index in [1.807, 2.05) is 16.4 Å². The van der Waals surface area contributed by atoms with Crippen LogP contribution in [0.15, 0.2) is 24.3 Å². The van der Waals surface area contributed by atoms with Gasteiger partial charge in [-0.3, -0.25) is 4.79 Å². The van der Waals surface area contributed by atoms with Crippen LogP contribution in [-0.2, 0) is 11.2 Å². The van der Waals surface area contributed by atoms with E-state index in [2.05, 4.69) is 10.2 Å². The largest absolute Gasteiger partial charge is 0.331 e. The van der Waals surface area contributed by atoms with Gasteiger partial charge in [-0.2, -0.15) is 0 Å². The van der Waals surface area contributed by atoms with Gasteiger partial charge >= 0.3 is 0 Å². The van der Waals surface area contributed by atoms with Gasteiger partial charge in [0.05, 0.1) is 6.04 Å². The molecule has 0 spiro atoms. The first kappa shape index (κ1) is 13.4. The van der Waals surface area contributed by atoms with E-state index in [0.717, 1.165) is 25.2 Å². The summed E-state index contributed by atoms with van der Waals surface area (Å²) in [5.41, 5.74) is 0.575. The molecule has 0 bridgehead atoms. The Morgan fingerprint density at radius 3 is 2.95 bits per heavy atom. The van der Waals surface area contributed by atoms with Crippen molar-refractivity contribution in [3.05, 3.63) is 47.3 Å². The lowest BCUT2D eigenvalue weighted by Crippen LogP contribution is -2.42. The Kier molecular flexibility index (Phi) is 2.99. The molecule has 0 radical (unpaired) electrons. The summed E-state index contributed by atoms with van der Waals surface area (Å²) in [6, 6.07) is 6.37. The van der Waals surface area contributed by atoms with E-state index in [4.69, 9.17) is 0 Å². The Balaban J connectivity index is 1.75. The van der Waals surface area contributed by atoms with Gasteiger partial charge < -0.3 is 9.47 Å². The van der Waals surface area contributed by atoms with E-state index in [9.17, 15) is 9.18 Å². The summed E-state index contributed by atoms with van der Waals surface area (Å²) in [5.74, 6) is 1.37. The summed E-state index contributed by atoms with van der Waals surface area (Å²) < 4.78 is 15.8. The molecular formula is C16H17FN4O. The lowest BCUT2D eigenvalue weighted by molar-refractivity contribution is -0.137. The highest BCUT2D eigenvalue weighted by atomic mass is 19.1. The molecular weight excluding hydrogens is 283 g/mol. The first-order valence-corrected chi connectivity index (χ1v) is 7.64. The zero-order chi connectivity index (χ0) is 15.3. The molecule has 0 saturated carbocycles. The third-order valence-electron chi connectivity index (χ3n) is 4.68. The smallest absolute Gasteiger partial charge is 0.246 e. The molecule has 0 aliphatic carbocycles. The molecule has 4 rings (SSSR count). The number of hydrogen-bond donors (Lipinski definition) is 0. The van der Waals surface area contributed by atoms with Gasteiger partial charge in [0, 0.05) is 13.0 Å². The summed E-state index contributed by atoms with van der Waals surface area (Å²) in [7, 11) is 0. The van der Waals surface area contributed by atoms with Crippen LogP contribution in [0.5, 0.6) is 0 Å². The van der Waals surface area contributed by atoms with E-state index in [1.165, 1.54) is 6.07 Å². The Hall–Kier alpha value is -2.24. The number of amides is 1. The number of carbonyl (C=O) groups excluding carboxylic acids is 1. The second-order valence-corrected chi connectivity index (χ2v) is 5.98. The number of fused-ring (bicyclic) bond motifs is 3. The Morgan fingerprint density at radius 1 is 1.32 bits per heavy atom. The van der Waals surface area contributed by atoms with Crippen LogP contribution in [0, 0.1) is 5.82 Å². The minimum atomic E-state index is -0.318. The highest BCUT2D eigenvalue weighted by molar-refractivity contribution is 5.82. The maximum absolute atomic E-state index is 13.9. The van der Waals surface area contributed by atoms with Crippen molar-refractivity contribution in [1.29, 1.82) is 0 Å². The second-order valence-electron chi connectivity index (χ2n) is 5.98. The van der Waals surface area contributed by atoms with Crippen molar-refractivity contribution in [1.82, 2.24) is 19.7 Å². The Morgan fingerprint density at radius 2 is 2.14 bits per heavy atom. The van der Waals surface area contributed by atoms with Crippen LogP contribution in [0.2, 0.25) is 0 Å². The summed E-state index contributed by atoms with van der Waals surface area (Å²) >= 11 is 0. The molecule has 0 unspecified atom stereocenters. The first-order chi connectivity index (χ1) is 10.7. The van der Waals surface area contributed by atoms with Gasteiger partial charge in [-0.25, -0.2) is 4.39 Å². The number of benzene rings is 1. The number of aromatic nitrogens is 3. The second kappa shape index (κ2) is 4.90. The molecule has 3 heterocycles. The lowest BCUT2D eigenvalue weighted by Gasteiger charge is -2.34. The van der Waals surface area contributed by atoms with Gasteiger partial charge in [-0.05, 0) is 31.4 Å². The van der Waals surface area contributed by atoms with Crippen molar-refractivity contribution in [3.8, 4) is 0 Å². The van der Waals surface area contributed by atoms with E-state index in [1.54, 1.807) is 18.2 Å². The Labute approximate surface area is 127 Å². The predicted octanol–water partition coefficient (Wildman–Crippen LogP) is 2.25. The number of nitrogens with zero attached hydrogens (tertiary/aromatic N) is 4. The van der Waals surface area contributed by atoms with Crippen LogP contribution < -0.4 is 0 Å². The van der Waals surface area contributed by atoms with Crippen LogP contribution in [0.25, 0.3) is 0 Å². The predicted molar refractivity (Wildman–Crippen MR) is 77.6 cm³/mol. The lowest BCUT2D eigenvalue weighted by atomic mass is 10.1. The molecule has 1 aromatic carbocycles. The highest BCUT2D eigenvalue weighted by Crippen LogP contribution is 2.38. The molecule has 1 amide bonds. The molecule has 22 heavy (non-hydrogen) atoms. The fourth-order valence-electron chi connectivity index (χ4n) is 3.57. The molecule has 2 aliphatic rings. The fraction of sp³-hybridized carbons (Fsp3) is 0.438. The van der Waals surface area contributed by atoms with E-state index < -0.39 is 0 Å². The van der Waals surface area contributed by atoms with Crippen LogP contribution in [0.4, 0.5) is 4.39 Å².